The van der Waals surface area contributed by atoms with Crippen molar-refractivity contribution in [2.45, 2.75) is 65.9 Å². The molecule has 1 aliphatic carbocycles. The van der Waals surface area contributed by atoms with Gasteiger partial charge in [-0.3, -0.25) is 4.79 Å². The summed E-state index contributed by atoms with van der Waals surface area (Å²) in [6, 6.07) is 4.08. The molecule has 1 aromatic heterocycles. The highest BCUT2D eigenvalue weighted by molar-refractivity contribution is 5.97. The number of benzene rings is 1. The molecule has 1 aromatic carbocycles. The van der Waals surface area contributed by atoms with Crippen LogP contribution >= 0.6 is 0 Å². The van der Waals surface area contributed by atoms with Crippen LogP contribution in [0.1, 0.15) is 64.3 Å². The first-order valence-corrected chi connectivity index (χ1v) is 12.3. The molecule has 2 aromatic rings. The Morgan fingerprint density at radius 2 is 1.74 bits per heavy atom. The maximum atomic E-state index is 13.1. The van der Waals surface area contributed by atoms with Crippen molar-refractivity contribution in [3.05, 3.63) is 35.1 Å². The molecule has 7 heteroatoms. The van der Waals surface area contributed by atoms with E-state index in [4.69, 9.17) is 13.9 Å². The second-order valence-corrected chi connectivity index (χ2v) is 10.1. The second-order valence-electron chi connectivity index (χ2n) is 10.1. The van der Waals surface area contributed by atoms with Crippen molar-refractivity contribution in [1.82, 2.24) is 9.80 Å². The molecular formula is C27H36N2O5. The third kappa shape index (κ3) is 5.24. The maximum absolute atomic E-state index is 13.1. The van der Waals surface area contributed by atoms with E-state index in [1.165, 1.54) is 12.0 Å². The predicted octanol–water partition coefficient (Wildman–Crippen LogP) is 5.19. The number of nitrogens with zero attached hydrogens (tertiary/aromatic N) is 2. The molecule has 34 heavy (non-hydrogen) atoms. The molecule has 1 saturated heterocycles. The van der Waals surface area contributed by atoms with E-state index in [1.807, 2.05) is 40.7 Å². The van der Waals surface area contributed by atoms with Crippen LogP contribution in [-0.2, 0) is 22.4 Å². The number of amides is 2. The first-order valence-electron chi connectivity index (χ1n) is 12.3. The van der Waals surface area contributed by atoms with E-state index in [0.29, 0.717) is 32.8 Å². The lowest BCUT2D eigenvalue weighted by Gasteiger charge is -2.35. The quantitative estimate of drug-likeness (QED) is 0.577. The number of fused-ring (bicyclic) bond motifs is 3. The number of hydrogen-bond acceptors (Lipinski definition) is 5. The molecule has 2 amide bonds. The van der Waals surface area contributed by atoms with Gasteiger partial charge in [0.05, 0.1) is 6.61 Å². The fourth-order valence-electron chi connectivity index (χ4n) is 4.66. The Bertz CT molecular complexity index is 1100. The van der Waals surface area contributed by atoms with Crippen LogP contribution in [0.4, 0.5) is 4.79 Å². The van der Waals surface area contributed by atoms with Gasteiger partial charge in [0, 0.05) is 61.3 Å². The van der Waals surface area contributed by atoms with Gasteiger partial charge in [-0.05, 0) is 65.5 Å². The minimum absolute atomic E-state index is 0.0573. The van der Waals surface area contributed by atoms with E-state index in [0.717, 1.165) is 52.9 Å². The van der Waals surface area contributed by atoms with Gasteiger partial charge in [0.15, 0.2) is 0 Å². The first-order chi connectivity index (χ1) is 16.2. The number of hydrogen-bond donors (Lipinski definition) is 0. The normalized spacial score (nSPS) is 17.0. The summed E-state index contributed by atoms with van der Waals surface area (Å²) in [5.41, 5.74) is 3.40. The van der Waals surface area contributed by atoms with Crippen molar-refractivity contribution < 1.29 is 23.5 Å². The number of carbonyl (C=O) groups is 2. The van der Waals surface area contributed by atoms with Crippen molar-refractivity contribution in [2.24, 2.45) is 0 Å². The summed E-state index contributed by atoms with van der Waals surface area (Å²) in [5, 5.41) is 1.12. The van der Waals surface area contributed by atoms with Gasteiger partial charge < -0.3 is 23.7 Å². The lowest BCUT2D eigenvalue weighted by Crippen LogP contribution is -2.51. The van der Waals surface area contributed by atoms with Crippen LogP contribution in [0, 0.1) is 0 Å². The number of furan rings is 1. The number of carbonyl (C=O) groups excluding carboxylic acids is 2. The summed E-state index contributed by atoms with van der Waals surface area (Å²) in [6.45, 7) is 11.9. The third-order valence-corrected chi connectivity index (χ3v) is 6.36. The summed E-state index contributed by atoms with van der Waals surface area (Å²) >= 11 is 0. The summed E-state index contributed by atoms with van der Waals surface area (Å²) in [5.74, 6) is 1.76. The van der Waals surface area contributed by atoms with Crippen LogP contribution in [0.3, 0.4) is 0 Å². The number of ether oxygens (including phenoxy) is 2. The molecule has 0 unspecified atom stereocenters. The number of piperazine rings is 1. The van der Waals surface area contributed by atoms with Gasteiger partial charge in [0.1, 0.15) is 22.7 Å². The molecular weight excluding hydrogens is 432 g/mol. The Labute approximate surface area is 201 Å². The standard InChI is InChI=1S/C27H36N2O5/c1-6-32-23-17-24-21(19-9-7-8-10-22(19)33-24)16-20(23)18(2)15-25(30)28-11-13-29(14-12-28)26(31)34-27(3,4)5/h15-17H,6-14H2,1-5H3/b18-15+. The maximum Gasteiger partial charge on any atom is 0.410 e. The van der Waals surface area contributed by atoms with Crippen LogP contribution in [0.5, 0.6) is 5.75 Å². The molecule has 0 radical (unpaired) electrons. The van der Waals surface area contributed by atoms with Crippen molar-refractivity contribution in [1.29, 1.82) is 0 Å². The molecule has 2 aliphatic rings. The molecule has 0 N–H and O–H groups in total. The zero-order valence-corrected chi connectivity index (χ0v) is 21.0. The highest BCUT2D eigenvalue weighted by Crippen LogP contribution is 2.38. The lowest BCUT2D eigenvalue weighted by molar-refractivity contribution is -0.127. The van der Waals surface area contributed by atoms with Gasteiger partial charge in [-0.2, -0.15) is 0 Å². The average molecular weight is 469 g/mol. The van der Waals surface area contributed by atoms with E-state index in [2.05, 4.69) is 6.07 Å². The summed E-state index contributed by atoms with van der Waals surface area (Å²) < 4.78 is 17.5. The fourth-order valence-corrected chi connectivity index (χ4v) is 4.66. The average Bonchev–Trinajstić information content (AvgIpc) is 3.15. The fraction of sp³-hybridized carbons (Fsp3) is 0.556. The van der Waals surface area contributed by atoms with Crippen molar-refractivity contribution >= 4 is 28.5 Å². The summed E-state index contributed by atoms with van der Waals surface area (Å²) in [7, 11) is 0. The topological polar surface area (TPSA) is 72.2 Å². The minimum atomic E-state index is -0.530. The number of aryl methyl sites for hydroxylation is 2. The SMILES string of the molecule is CCOc1cc2oc3c(c2cc1/C(C)=C/C(=O)N1CCN(C(=O)OC(C)(C)C)CC1)CCCC3. The molecule has 184 valence electrons. The molecule has 0 bridgehead atoms. The van der Waals surface area contributed by atoms with Crippen LogP contribution in [0.25, 0.3) is 16.5 Å². The van der Waals surface area contributed by atoms with E-state index in [-0.39, 0.29) is 12.0 Å². The van der Waals surface area contributed by atoms with Crippen LogP contribution in [-0.4, -0.2) is 60.2 Å². The van der Waals surface area contributed by atoms with Gasteiger partial charge in [-0.25, -0.2) is 4.79 Å². The van der Waals surface area contributed by atoms with Gasteiger partial charge in [0.25, 0.3) is 0 Å². The van der Waals surface area contributed by atoms with Crippen molar-refractivity contribution in [2.75, 3.05) is 32.8 Å². The zero-order chi connectivity index (χ0) is 24.5. The minimum Gasteiger partial charge on any atom is -0.493 e. The Hall–Kier alpha value is -2.96. The van der Waals surface area contributed by atoms with Crippen LogP contribution in [0.2, 0.25) is 0 Å². The number of allylic oxidation sites excluding steroid dienone is 1. The zero-order valence-electron chi connectivity index (χ0n) is 21.0. The molecule has 1 fully saturated rings. The van der Waals surface area contributed by atoms with Gasteiger partial charge in [-0.15, -0.1) is 0 Å². The van der Waals surface area contributed by atoms with E-state index < -0.39 is 5.60 Å². The number of rotatable bonds is 4. The van der Waals surface area contributed by atoms with Crippen molar-refractivity contribution in [3.63, 3.8) is 0 Å². The first kappa shape index (κ1) is 24.2. The molecule has 4 rings (SSSR count). The lowest BCUT2D eigenvalue weighted by atomic mass is 9.94. The third-order valence-electron chi connectivity index (χ3n) is 6.36. The molecule has 0 spiro atoms. The Morgan fingerprint density at radius 1 is 1.06 bits per heavy atom. The van der Waals surface area contributed by atoms with E-state index in [9.17, 15) is 9.59 Å². The largest absolute Gasteiger partial charge is 0.493 e. The van der Waals surface area contributed by atoms with E-state index >= 15 is 0 Å². The predicted molar refractivity (Wildman–Crippen MR) is 132 cm³/mol. The van der Waals surface area contributed by atoms with Crippen LogP contribution in [0.15, 0.2) is 22.6 Å². The molecule has 0 saturated carbocycles. The Kier molecular flexibility index (Phi) is 6.91. The van der Waals surface area contributed by atoms with Crippen molar-refractivity contribution in [3.8, 4) is 5.75 Å². The monoisotopic (exact) mass is 468 g/mol. The second kappa shape index (κ2) is 9.72. The molecule has 2 heterocycles. The molecule has 1 aliphatic heterocycles. The van der Waals surface area contributed by atoms with Gasteiger partial charge in [0.2, 0.25) is 5.91 Å². The summed E-state index contributed by atoms with van der Waals surface area (Å²) in [6.07, 6.45) is 5.69. The van der Waals surface area contributed by atoms with Crippen LogP contribution < -0.4 is 4.74 Å². The molecule has 7 nitrogen and oxygen atoms in total. The molecule has 0 atom stereocenters. The highest BCUT2D eigenvalue weighted by atomic mass is 16.6. The van der Waals surface area contributed by atoms with Gasteiger partial charge >= 0.3 is 6.09 Å². The van der Waals surface area contributed by atoms with Gasteiger partial charge in [-0.1, -0.05) is 0 Å². The van der Waals surface area contributed by atoms with E-state index in [1.54, 1.807) is 15.9 Å². The smallest absolute Gasteiger partial charge is 0.410 e. The Balaban J connectivity index is 1.51. The summed E-state index contributed by atoms with van der Waals surface area (Å²) in [4.78, 5) is 28.8. The Morgan fingerprint density at radius 3 is 2.41 bits per heavy atom. The highest BCUT2D eigenvalue weighted by Gasteiger charge is 2.27.